The second-order valence-electron chi connectivity index (χ2n) is 5.90. The van der Waals surface area contributed by atoms with Crippen LogP contribution >= 0.6 is 0 Å². The van der Waals surface area contributed by atoms with E-state index in [1.165, 1.54) is 6.42 Å². The molecule has 0 bridgehead atoms. The van der Waals surface area contributed by atoms with Crippen LogP contribution in [0.15, 0.2) is 0 Å². The molecule has 2 aliphatic rings. The van der Waals surface area contributed by atoms with Crippen LogP contribution in [0.2, 0.25) is 0 Å². The molecule has 0 saturated carbocycles. The van der Waals surface area contributed by atoms with Gasteiger partial charge in [0.1, 0.15) is 5.54 Å². The summed E-state index contributed by atoms with van der Waals surface area (Å²) in [6, 6.07) is 0.474. The first kappa shape index (κ1) is 13.8. The fraction of sp³-hybridized carbons (Fsp3) is 0.923. The quantitative estimate of drug-likeness (QED) is 0.736. The van der Waals surface area contributed by atoms with E-state index < -0.39 is 11.5 Å². The fourth-order valence-corrected chi connectivity index (χ4v) is 3.21. The van der Waals surface area contributed by atoms with Gasteiger partial charge in [-0.15, -0.1) is 0 Å². The van der Waals surface area contributed by atoms with E-state index in [4.69, 9.17) is 0 Å². The number of nitrogens with zero attached hydrogens (tertiary/aromatic N) is 2. The number of hydrogen-bond acceptors (Lipinski definition) is 4. The number of carboxylic acid groups (broad SMARTS) is 1. The summed E-state index contributed by atoms with van der Waals surface area (Å²) in [5, 5.41) is 12.9. The molecule has 2 N–H and O–H groups in total. The van der Waals surface area contributed by atoms with Crippen molar-refractivity contribution in [1.82, 2.24) is 15.1 Å². The van der Waals surface area contributed by atoms with Gasteiger partial charge in [0.2, 0.25) is 0 Å². The summed E-state index contributed by atoms with van der Waals surface area (Å²) < 4.78 is 0. The predicted octanol–water partition coefficient (Wildman–Crippen LogP) is 0.219. The van der Waals surface area contributed by atoms with Gasteiger partial charge in [-0.3, -0.25) is 4.79 Å². The number of nitrogens with one attached hydrogen (secondary N) is 1. The minimum atomic E-state index is -0.693. The maximum absolute atomic E-state index is 11.6. The summed E-state index contributed by atoms with van der Waals surface area (Å²) >= 11 is 0. The first-order chi connectivity index (χ1) is 8.53. The number of hydrogen-bond donors (Lipinski definition) is 2. The molecule has 0 aromatic carbocycles. The van der Waals surface area contributed by atoms with E-state index in [-0.39, 0.29) is 0 Å². The smallest absolute Gasteiger partial charge is 0.324 e. The van der Waals surface area contributed by atoms with Crippen molar-refractivity contribution in [3.63, 3.8) is 0 Å². The van der Waals surface area contributed by atoms with Crippen molar-refractivity contribution in [3.8, 4) is 0 Å². The number of fused-ring (bicyclic) bond motifs is 1. The van der Waals surface area contributed by atoms with Crippen LogP contribution in [0, 0.1) is 0 Å². The van der Waals surface area contributed by atoms with Crippen LogP contribution in [0.25, 0.3) is 0 Å². The molecular weight excluding hydrogens is 230 g/mol. The molecule has 0 aromatic rings. The highest BCUT2D eigenvalue weighted by atomic mass is 16.4. The van der Waals surface area contributed by atoms with Gasteiger partial charge in [-0.2, -0.15) is 0 Å². The lowest BCUT2D eigenvalue weighted by atomic mass is 9.83. The zero-order chi connectivity index (χ0) is 13.2. The van der Waals surface area contributed by atoms with Crippen LogP contribution < -0.4 is 5.32 Å². The van der Waals surface area contributed by atoms with Crippen LogP contribution in [-0.2, 0) is 4.79 Å². The molecule has 0 radical (unpaired) electrons. The van der Waals surface area contributed by atoms with Crippen LogP contribution in [0.3, 0.4) is 0 Å². The third-order valence-electron chi connectivity index (χ3n) is 4.34. The molecule has 2 saturated heterocycles. The van der Waals surface area contributed by atoms with Gasteiger partial charge in [-0.05, 0) is 46.3 Å². The first-order valence-electron chi connectivity index (χ1n) is 6.91. The number of rotatable bonds is 5. The molecule has 0 spiro atoms. The maximum atomic E-state index is 11.6. The normalized spacial score (nSPS) is 32.7. The monoisotopic (exact) mass is 255 g/mol. The van der Waals surface area contributed by atoms with Crippen LogP contribution in [0.4, 0.5) is 0 Å². The zero-order valence-electron chi connectivity index (χ0n) is 11.5. The molecule has 18 heavy (non-hydrogen) atoms. The van der Waals surface area contributed by atoms with Crippen LogP contribution in [-0.4, -0.2) is 72.7 Å². The van der Waals surface area contributed by atoms with Crippen molar-refractivity contribution >= 4 is 5.97 Å². The maximum Gasteiger partial charge on any atom is 0.324 e. The summed E-state index contributed by atoms with van der Waals surface area (Å²) in [6.07, 6.45) is 3.87. The SMILES string of the molecule is CN(C)CCNC1(C(=O)O)CCN2CCCC2C1. The van der Waals surface area contributed by atoms with Crippen LogP contribution in [0.5, 0.6) is 0 Å². The first-order valence-corrected chi connectivity index (χ1v) is 6.91. The highest BCUT2D eigenvalue weighted by Gasteiger charge is 2.46. The molecule has 0 aliphatic carbocycles. The van der Waals surface area contributed by atoms with Crippen molar-refractivity contribution in [3.05, 3.63) is 0 Å². The van der Waals surface area contributed by atoms with Gasteiger partial charge in [0.25, 0.3) is 0 Å². The molecule has 5 heteroatoms. The second-order valence-corrected chi connectivity index (χ2v) is 5.90. The molecular formula is C13H25N3O2. The standard InChI is InChI=1S/C13H25N3O2/c1-15(2)9-6-14-13(12(17)18)5-8-16-7-3-4-11(16)10-13/h11,14H,3-10H2,1-2H3,(H,17,18). The van der Waals surface area contributed by atoms with Gasteiger partial charge >= 0.3 is 5.97 Å². The summed E-state index contributed by atoms with van der Waals surface area (Å²) in [7, 11) is 4.02. The molecule has 5 nitrogen and oxygen atoms in total. The summed E-state index contributed by atoms with van der Waals surface area (Å²) in [5.41, 5.74) is -0.693. The van der Waals surface area contributed by atoms with Gasteiger partial charge < -0.3 is 20.2 Å². The molecule has 2 heterocycles. The zero-order valence-corrected chi connectivity index (χ0v) is 11.5. The van der Waals surface area contributed by atoms with Crippen molar-refractivity contribution in [2.45, 2.75) is 37.3 Å². The van der Waals surface area contributed by atoms with E-state index in [0.717, 1.165) is 45.4 Å². The Kier molecular flexibility index (Phi) is 4.25. The van der Waals surface area contributed by atoms with Crippen molar-refractivity contribution in [1.29, 1.82) is 0 Å². The van der Waals surface area contributed by atoms with Gasteiger partial charge in [-0.25, -0.2) is 0 Å². The van der Waals surface area contributed by atoms with Gasteiger partial charge in [0.05, 0.1) is 0 Å². The van der Waals surface area contributed by atoms with Crippen molar-refractivity contribution in [2.24, 2.45) is 0 Å². The number of piperidine rings is 1. The second kappa shape index (κ2) is 5.55. The Morgan fingerprint density at radius 2 is 2.28 bits per heavy atom. The Morgan fingerprint density at radius 3 is 2.94 bits per heavy atom. The lowest BCUT2D eigenvalue weighted by Gasteiger charge is -2.42. The summed E-state index contributed by atoms with van der Waals surface area (Å²) in [4.78, 5) is 16.2. The Bertz CT molecular complexity index is 309. The molecule has 2 atom stereocenters. The fourth-order valence-electron chi connectivity index (χ4n) is 3.21. The molecule has 0 aromatic heterocycles. The highest BCUT2D eigenvalue weighted by molar-refractivity contribution is 5.79. The Morgan fingerprint density at radius 1 is 1.50 bits per heavy atom. The topological polar surface area (TPSA) is 55.8 Å². The lowest BCUT2D eigenvalue weighted by Crippen LogP contribution is -2.61. The number of carboxylic acids is 1. The Labute approximate surface area is 109 Å². The minimum absolute atomic E-state index is 0.474. The third kappa shape index (κ3) is 2.84. The lowest BCUT2D eigenvalue weighted by molar-refractivity contribution is -0.148. The number of aliphatic carboxylic acids is 1. The van der Waals surface area contributed by atoms with E-state index in [9.17, 15) is 9.90 Å². The van der Waals surface area contributed by atoms with Gasteiger partial charge in [0, 0.05) is 25.7 Å². The van der Waals surface area contributed by atoms with E-state index in [1.54, 1.807) is 0 Å². The molecule has 104 valence electrons. The molecule has 2 rings (SSSR count). The van der Waals surface area contributed by atoms with Gasteiger partial charge in [0.15, 0.2) is 0 Å². The highest BCUT2D eigenvalue weighted by Crippen LogP contribution is 2.33. The molecule has 0 amide bonds. The third-order valence-corrected chi connectivity index (χ3v) is 4.34. The largest absolute Gasteiger partial charge is 0.480 e. The van der Waals surface area contributed by atoms with E-state index in [2.05, 4.69) is 15.1 Å². The van der Waals surface area contributed by atoms with Crippen molar-refractivity contribution < 1.29 is 9.90 Å². The van der Waals surface area contributed by atoms with Crippen LogP contribution in [0.1, 0.15) is 25.7 Å². The summed E-state index contributed by atoms with van der Waals surface area (Å²) in [5.74, 6) is -0.673. The molecule has 2 aliphatic heterocycles. The van der Waals surface area contributed by atoms with E-state index >= 15 is 0 Å². The van der Waals surface area contributed by atoms with E-state index in [1.807, 2.05) is 14.1 Å². The summed E-state index contributed by atoms with van der Waals surface area (Å²) in [6.45, 7) is 3.69. The number of likely N-dealkylation sites (N-methyl/N-ethyl adjacent to an activating group) is 1. The predicted molar refractivity (Wildman–Crippen MR) is 70.8 cm³/mol. The van der Waals surface area contributed by atoms with Gasteiger partial charge in [-0.1, -0.05) is 0 Å². The Balaban J connectivity index is 1.96. The van der Waals surface area contributed by atoms with Crippen molar-refractivity contribution in [2.75, 3.05) is 40.3 Å². The average Bonchev–Trinajstić information content (AvgIpc) is 2.75. The number of carbonyl (C=O) groups is 1. The average molecular weight is 255 g/mol. The minimum Gasteiger partial charge on any atom is -0.480 e. The Hall–Kier alpha value is -0.650. The molecule has 2 fully saturated rings. The molecule has 2 unspecified atom stereocenters. The van der Waals surface area contributed by atoms with E-state index in [0.29, 0.717) is 6.04 Å².